The smallest absolute Gasteiger partial charge is 0.217 e. The van der Waals surface area contributed by atoms with Gasteiger partial charge in [-0.15, -0.1) is 0 Å². The van der Waals surface area contributed by atoms with Gasteiger partial charge in [0.25, 0.3) is 0 Å². The van der Waals surface area contributed by atoms with Gasteiger partial charge in [0.15, 0.2) is 0 Å². The molecular weight excluding hydrogens is 444 g/mol. The molecule has 5 rings (SSSR count). The van der Waals surface area contributed by atoms with E-state index in [4.69, 9.17) is 9.72 Å². The highest BCUT2D eigenvalue weighted by Crippen LogP contribution is 2.48. The van der Waals surface area contributed by atoms with E-state index < -0.39 is 11.5 Å². The molecule has 0 fully saturated rings. The van der Waals surface area contributed by atoms with Crippen molar-refractivity contribution in [3.63, 3.8) is 0 Å². The molecule has 182 valence electrons. The minimum Gasteiger partial charge on any atom is -0.481 e. The number of hydrogen-bond acceptors (Lipinski definition) is 4. The van der Waals surface area contributed by atoms with Crippen LogP contribution in [0.25, 0.3) is 21.7 Å². The molecular formula is C32H32N2O2. The van der Waals surface area contributed by atoms with Gasteiger partial charge in [0, 0.05) is 23.4 Å². The van der Waals surface area contributed by atoms with Crippen molar-refractivity contribution in [2.75, 3.05) is 27.7 Å². The van der Waals surface area contributed by atoms with Crippen LogP contribution in [0, 0.1) is 0 Å². The Labute approximate surface area is 212 Å². The molecule has 0 aliphatic heterocycles. The Morgan fingerprint density at radius 2 is 1.50 bits per heavy atom. The van der Waals surface area contributed by atoms with Gasteiger partial charge in [-0.1, -0.05) is 91.0 Å². The van der Waals surface area contributed by atoms with E-state index in [1.165, 1.54) is 0 Å². The van der Waals surface area contributed by atoms with Crippen LogP contribution in [0.5, 0.6) is 5.88 Å². The summed E-state index contributed by atoms with van der Waals surface area (Å²) in [6.45, 7) is 0.715. The van der Waals surface area contributed by atoms with E-state index in [1.807, 2.05) is 68.7 Å². The van der Waals surface area contributed by atoms with Crippen LogP contribution in [-0.4, -0.2) is 42.7 Å². The number of aliphatic hydroxyl groups is 1. The molecule has 4 aromatic carbocycles. The summed E-state index contributed by atoms with van der Waals surface area (Å²) in [7, 11) is 5.73. The van der Waals surface area contributed by atoms with Gasteiger partial charge in [-0.2, -0.15) is 0 Å². The van der Waals surface area contributed by atoms with E-state index >= 15 is 0 Å². The fraction of sp³-hybridized carbons (Fsp3) is 0.219. The third kappa shape index (κ3) is 4.46. The molecule has 0 saturated carbocycles. The fourth-order valence-electron chi connectivity index (χ4n) is 5.27. The van der Waals surface area contributed by atoms with Crippen molar-refractivity contribution in [2.24, 2.45) is 0 Å². The highest BCUT2D eigenvalue weighted by atomic mass is 16.5. The van der Waals surface area contributed by atoms with Crippen LogP contribution in [0.1, 0.15) is 29.0 Å². The maximum Gasteiger partial charge on any atom is 0.217 e. The molecule has 0 radical (unpaired) electrons. The van der Waals surface area contributed by atoms with Crippen molar-refractivity contribution >= 4 is 21.7 Å². The number of nitrogens with zero attached hydrogens (tertiary/aromatic N) is 2. The number of para-hydroxylation sites is 1. The molecule has 4 heteroatoms. The lowest BCUT2D eigenvalue weighted by Crippen LogP contribution is -2.38. The van der Waals surface area contributed by atoms with Gasteiger partial charge in [-0.3, -0.25) is 0 Å². The minimum atomic E-state index is -1.23. The van der Waals surface area contributed by atoms with Gasteiger partial charge in [-0.05, 0) is 54.5 Å². The number of pyridine rings is 1. The molecule has 0 saturated heterocycles. The number of benzene rings is 4. The van der Waals surface area contributed by atoms with Gasteiger partial charge in [0.1, 0.15) is 5.60 Å². The van der Waals surface area contributed by atoms with E-state index in [-0.39, 0.29) is 0 Å². The van der Waals surface area contributed by atoms with Gasteiger partial charge >= 0.3 is 0 Å². The van der Waals surface area contributed by atoms with E-state index in [0.717, 1.165) is 38.4 Å². The van der Waals surface area contributed by atoms with Crippen LogP contribution in [0.4, 0.5) is 0 Å². The molecule has 5 aromatic rings. The highest BCUT2D eigenvalue weighted by Gasteiger charge is 2.43. The molecule has 4 nitrogen and oxygen atoms in total. The largest absolute Gasteiger partial charge is 0.481 e. The molecule has 0 unspecified atom stereocenters. The average molecular weight is 477 g/mol. The molecule has 0 spiro atoms. The lowest BCUT2D eigenvalue weighted by atomic mass is 9.70. The summed E-state index contributed by atoms with van der Waals surface area (Å²) >= 11 is 0. The lowest BCUT2D eigenvalue weighted by molar-refractivity contribution is 0.00520. The molecule has 0 aliphatic carbocycles. The van der Waals surface area contributed by atoms with Crippen LogP contribution in [-0.2, 0) is 5.60 Å². The maximum atomic E-state index is 13.0. The van der Waals surface area contributed by atoms with E-state index in [2.05, 4.69) is 53.4 Å². The second-order valence-electron chi connectivity index (χ2n) is 9.63. The maximum absolute atomic E-state index is 13.0. The Hall–Kier alpha value is -3.73. The summed E-state index contributed by atoms with van der Waals surface area (Å²) in [5, 5.41) is 16.2. The van der Waals surface area contributed by atoms with Crippen molar-refractivity contribution in [3.05, 3.63) is 120 Å². The number of fused-ring (bicyclic) bond motifs is 2. The summed E-state index contributed by atoms with van der Waals surface area (Å²) < 4.78 is 5.87. The Balaban J connectivity index is 1.83. The third-order valence-corrected chi connectivity index (χ3v) is 7.03. The Morgan fingerprint density at radius 3 is 2.25 bits per heavy atom. The molecule has 36 heavy (non-hydrogen) atoms. The van der Waals surface area contributed by atoms with Crippen LogP contribution in [0.2, 0.25) is 0 Å². The Morgan fingerprint density at radius 1 is 0.833 bits per heavy atom. The number of hydrogen-bond donors (Lipinski definition) is 1. The molecule has 1 aromatic heterocycles. The Bertz CT molecular complexity index is 1480. The van der Waals surface area contributed by atoms with Gasteiger partial charge in [0.2, 0.25) is 5.88 Å². The topological polar surface area (TPSA) is 45.6 Å². The second-order valence-corrected chi connectivity index (χ2v) is 9.63. The second kappa shape index (κ2) is 10.1. The minimum absolute atomic E-state index is 0.406. The standard InChI is InChI=1S/C32H32N2O2/c1-34(2)21-20-32(35,28-18-11-16-23-12-7-9-17-26(23)28)30(24-13-5-4-6-14-24)27-22-25-15-8-10-19-29(25)33-31(27)36-3/h4-19,22,30,35H,20-21H2,1-3H3/t30-,32+/m0/s1. The predicted molar refractivity (Wildman–Crippen MR) is 148 cm³/mol. The first-order chi connectivity index (χ1) is 17.5. The summed E-state index contributed by atoms with van der Waals surface area (Å²) in [5.74, 6) is 0.127. The summed E-state index contributed by atoms with van der Waals surface area (Å²) in [6.07, 6.45) is 0.531. The summed E-state index contributed by atoms with van der Waals surface area (Å²) in [6, 6.07) is 34.9. The molecule has 1 heterocycles. The normalized spacial score (nSPS) is 14.1. The third-order valence-electron chi connectivity index (χ3n) is 7.03. The number of methoxy groups -OCH3 is 1. The van der Waals surface area contributed by atoms with Crippen molar-refractivity contribution in [1.82, 2.24) is 9.88 Å². The van der Waals surface area contributed by atoms with Gasteiger partial charge in [-0.25, -0.2) is 4.98 Å². The zero-order valence-corrected chi connectivity index (χ0v) is 21.1. The number of ether oxygens (including phenoxy) is 1. The summed E-state index contributed by atoms with van der Waals surface area (Å²) in [4.78, 5) is 6.98. The predicted octanol–water partition coefficient (Wildman–Crippen LogP) is 6.37. The molecule has 1 N–H and O–H groups in total. The van der Waals surface area contributed by atoms with Gasteiger partial charge in [0.05, 0.1) is 12.6 Å². The molecule has 0 amide bonds. The van der Waals surface area contributed by atoms with Crippen molar-refractivity contribution in [2.45, 2.75) is 17.9 Å². The van der Waals surface area contributed by atoms with Crippen molar-refractivity contribution in [3.8, 4) is 5.88 Å². The fourth-order valence-corrected chi connectivity index (χ4v) is 5.27. The molecule has 0 bridgehead atoms. The van der Waals surface area contributed by atoms with Crippen molar-refractivity contribution < 1.29 is 9.84 Å². The molecule has 2 atom stereocenters. The van der Waals surface area contributed by atoms with Crippen molar-refractivity contribution in [1.29, 1.82) is 0 Å². The van der Waals surface area contributed by atoms with Crippen LogP contribution in [0.15, 0.2) is 103 Å². The van der Waals surface area contributed by atoms with Gasteiger partial charge < -0.3 is 14.7 Å². The first kappa shape index (κ1) is 24.0. The number of rotatable bonds is 8. The monoisotopic (exact) mass is 476 g/mol. The first-order valence-corrected chi connectivity index (χ1v) is 12.4. The first-order valence-electron chi connectivity index (χ1n) is 12.4. The zero-order chi connectivity index (χ0) is 25.1. The highest BCUT2D eigenvalue weighted by molar-refractivity contribution is 5.87. The van der Waals surface area contributed by atoms with E-state index in [1.54, 1.807) is 7.11 Å². The average Bonchev–Trinajstić information content (AvgIpc) is 2.92. The van der Waals surface area contributed by atoms with E-state index in [9.17, 15) is 5.11 Å². The SMILES string of the molecule is COc1nc2ccccc2cc1[C@H](c1ccccc1)[C@@](O)(CCN(C)C)c1cccc2ccccc12. The number of aromatic nitrogens is 1. The quantitative estimate of drug-likeness (QED) is 0.283. The van der Waals surface area contributed by atoms with E-state index in [0.29, 0.717) is 18.8 Å². The molecule has 0 aliphatic rings. The van der Waals surface area contributed by atoms with Crippen LogP contribution < -0.4 is 4.74 Å². The zero-order valence-electron chi connectivity index (χ0n) is 21.1. The Kier molecular flexibility index (Phi) is 6.73. The summed E-state index contributed by atoms with van der Waals surface area (Å²) in [5.41, 5.74) is 2.43. The lowest BCUT2D eigenvalue weighted by Gasteiger charge is -2.39. The van der Waals surface area contributed by atoms with Crippen LogP contribution in [0.3, 0.4) is 0 Å². The van der Waals surface area contributed by atoms with Crippen LogP contribution >= 0.6 is 0 Å².